The number of carbonyl (C=O) groups is 3. The van der Waals surface area contributed by atoms with Crippen molar-refractivity contribution in [2.75, 3.05) is 44.0 Å². The molecule has 0 radical (unpaired) electrons. The lowest BCUT2D eigenvalue weighted by Gasteiger charge is -2.32. The van der Waals surface area contributed by atoms with Crippen molar-refractivity contribution in [3.63, 3.8) is 0 Å². The summed E-state index contributed by atoms with van der Waals surface area (Å²) in [5, 5.41) is 14.2. The van der Waals surface area contributed by atoms with E-state index < -0.39 is 23.4 Å². The first kappa shape index (κ1) is 24.7. The Morgan fingerprint density at radius 2 is 1.82 bits per heavy atom. The van der Waals surface area contributed by atoms with Crippen molar-refractivity contribution in [2.45, 2.75) is 19.8 Å². The summed E-state index contributed by atoms with van der Waals surface area (Å²) in [7, 11) is 3.28. The number of anilines is 2. The lowest BCUT2D eigenvalue weighted by Crippen LogP contribution is -2.34. The molecule has 10 heteroatoms. The molecule has 1 heterocycles. The summed E-state index contributed by atoms with van der Waals surface area (Å²) in [5.74, 6) is -1.14. The summed E-state index contributed by atoms with van der Waals surface area (Å²) in [5.41, 5.74) is 1.22. The molecular weight excluding hydrogens is 440 g/mol. The molecule has 1 unspecified atom stereocenters. The third-order valence-corrected chi connectivity index (χ3v) is 5.56. The number of hydrogen-bond donors (Lipinski definition) is 1. The van der Waals surface area contributed by atoms with E-state index in [0.717, 1.165) is 25.9 Å². The van der Waals surface area contributed by atoms with Crippen LogP contribution >= 0.6 is 0 Å². The van der Waals surface area contributed by atoms with Crippen LogP contribution in [0.4, 0.5) is 17.1 Å². The maximum absolute atomic E-state index is 12.4. The number of rotatable bonds is 7. The van der Waals surface area contributed by atoms with Gasteiger partial charge in [-0.2, -0.15) is 0 Å². The molecule has 0 aliphatic carbocycles. The van der Waals surface area contributed by atoms with Gasteiger partial charge in [-0.25, -0.2) is 4.79 Å². The molecule has 0 saturated carbocycles. The first-order valence-corrected chi connectivity index (χ1v) is 11.0. The summed E-state index contributed by atoms with van der Waals surface area (Å²) >= 11 is 0. The number of hydrogen-bond acceptors (Lipinski definition) is 7. The average Bonchev–Trinajstić information content (AvgIpc) is 2.82. The van der Waals surface area contributed by atoms with Crippen LogP contribution in [0, 0.1) is 16.0 Å². The average molecular weight is 469 g/mol. The maximum Gasteiger partial charge on any atom is 0.338 e. The van der Waals surface area contributed by atoms with Gasteiger partial charge in [0.1, 0.15) is 5.69 Å². The molecule has 34 heavy (non-hydrogen) atoms. The molecule has 1 fully saturated rings. The molecule has 0 bridgehead atoms. The number of nitrogens with one attached hydrogen (secondary N) is 1. The zero-order valence-electron chi connectivity index (χ0n) is 19.4. The predicted molar refractivity (Wildman–Crippen MR) is 127 cm³/mol. The molecule has 2 aromatic rings. The maximum atomic E-state index is 12.4. The van der Waals surface area contributed by atoms with Crippen LogP contribution in [0.15, 0.2) is 42.5 Å². The van der Waals surface area contributed by atoms with E-state index >= 15 is 0 Å². The van der Waals surface area contributed by atoms with Crippen LogP contribution in [0.1, 0.15) is 40.5 Å². The number of nitro groups is 1. The summed E-state index contributed by atoms with van der Waals surface area (Å²) < 4.78 is 5.04. The minimum Gasteiger partial charge on any atom is -0.452 e. The third-order valence-electron chi connectivity index (χ3n) is 5.56. The molecule has 1 saturated heterocycles. The molecule has 1 aliphatic rings. The molecular formula is C24H28N4O6. The van der Waals surface area contributed by atoms with Gasteiger partial charge >= 0.3 is 5.97 Å². The molecule has 1 aliphatic heterocycles. The molecule has 1 N–H and O–H groups in total. The van der Waals surface area contributed by atoms with Crippen LogP contribution in [0.25, 0.3) is 0 Å². The summed E-state index contributed by atoms with van der Waals surface area (Å²) in [6.45, 7) is 2.98. The van der Waals surface area contributed by atoms with E-state index in [1.54, 1.807) is 44.4 Å². The monoisotopic (exact) mass is 468 g/mol. The zero-order chi connectivity index (χ0) is 24.8. The Morgan fingerprint density at radius 3 is 2.44 bits per heavy atom. The lowest BCUT2D eigenvalue weighted by molar-refractivity contribution is -0.384. The Kier molecular flexibility index (Phi) is 7.83. The van der Waals surface area contributed by atoms with Crippen LogP contribution < -0.4 is 10.2 Å². The van der Waals surface area contributed by atoms with Crippen LogP contribution in [0.2, 0.25) is 0 Å². The van der Waals surface area contributed by atoms with E-state index in [0.29, 0.717) is 22.9 Å². The summed E-state index contributed by atoms with van der Waals surface area (Å²) in [6.07, 6.45) is 2.03. The second kappa shape index (κ2) is 10.8. The zero-order valence-corrected chi connectivity index (χ0v) is 19.4. The van der Waals surface area contributed by atoms with E-state index in [4.69, 9.17) is 4.74 Å². The highest BCUT2D eigenvalue weighted by atomic mass is 16.6. The van der Waals surface area contributed by atoms with E-state index in [9.17, 15) is 24.5 Å². The molecule has 2 amide bonds. The van der Waals surface area contributed by atoms with Crippen molar-refractivity contribution in [1.29, 1.82) is 0 Å². The van der Waals surface area contributed by atoms with Crippen LogP contribution in [-0.4, -0.2) is 61.4 Å². The Labute approximate surface area is 197 Å². The first-order valence-electron chi connectivity index (χ1n) is 11.0. The molecule has 10 nitrogen and oxygen atoms in total. The van der Waals surface area contributed by atoms with Crippen molar-refractivity contribution in [1.82, 2.24) is 4.90 Å². The van der Waals surface area contributed by atoms with Crippen molar-refractivity contribution in [3.05, 3.63) is 63.7 Å². The number of amides is 2. The molecule has 2 aromatic carbocycles. The number of nitrogens with zero attached hydrogens (tertiary/aromatic N) is 3. The number of benzene rings is 2. The van der Waals surface area contributed by atoms with Gasteiger partial charge in [0.2, 0.25) is 0 Å². The Morgan fingerprint density at radius 1 is 1.15 bits per heavy atom. The first-order chi connectivity index (χ1) is 16.2. The normalized spacial score (nSPS) is 15.4. The fourth-order valence-corrected chi connectivity index (χ4v) is 3.84. The van der Waals surface area contributed by atoms with Crippen LogP contribution in [0.5, 0.6) is 0 Å². The van der Waals surface area contributed by atoms with Gasteiger partial charge in [-0.3, -0.25) is 19.7 Å². The molecule has 1 atom stereocenters. The SMILES string of the molecule is CC1CCCN(c2ccc(C(=O)OCC(=O)Nc3ccc(C(=O)N(C)C)cc3)cc2[N+](=O)[O-])C1. The highest BCUT2D eigenvalue weighted by Crippen LogP contribution is 2.32. The summed E-state index contributed by atoms with van der Waals surface area (Å²) in [4.78, 5) is 51.0. The number of esters is 1. The van der Waals surface area contributed by atoms with Crippen molar-refractivity contribution in [3.8, 4) is 0 Å². The van der Waals surface area contributed by atoms with E-state index in [1.807, 2.05) is 4.90 Å². The summed E-state index contributed by atoms with van der Waals surface area (Å²) in [6, 6.07) is 10.5. The van der Waals surface area contributed by atoms with Gasteiger partial charge in [-0.05, 0) is 55.2 Å². The second-order valence-electron chi connectivity index (χ2n) is 8.56. The Bertz CT molecular complexity index is 1080. The number of nitro benzene ring substituents is 1. The minimum atomic E-state index is -0.830. The molecule has 0 spiro atoms. The van der Waals surface area contributed by atoms with E-state index in [1.165, 1.54) is 17.0 Å². The Balaban J connectivity index is 1.60. The highest BCUT2D eigenvalue weighted by Gasteiger charge is 2.25. The van der Waals surface area contributed by atoms with Gasteiger partial charge in [0.25, 0.3) is 17.5 Å². The third kappa shape index (κ3) is 6.09. The fraction of sp³-hybridized carbons (Fsp3) is 0.375. The fourth-order valence-electron chi connectivity index (χ4n) is 3.84. The van der Waals surface area contributed by atoms with Gasteiger partial charge in [0.05, 0.1) is 10.5 Å². The molecule has 0 aromatic heterocycles. The number of ether oxygens (including phenoxy) is 1. The van der Waals surface area contributed by atoms with Crippen molar-refractivity contribution >= 4 is 34.8 Å². The van der Waals surface area contributed by atoms with Gasteiger partial charge in [0, 0.05) is 44.5 Å². The molecule has 180 valence electrons. The largest absolute Gasteiger partial charge is 0.452 e. The van der Waals surface area contributed by atoms with Crippen LogP contribution in [0.3, 0.4) is 0 Å². The minimum absolute atomic E-state index is 0.000131. The van der Waals surface area contributed by atoms with Crippen molar-refractivity contribution in [2.24, 2.45) is 5.92 Å². The van der Waals surface area contributed by atoms with Gasteiger partial charge in [-0.15, -0.1) is 0 Å². The van der Waals surface area contributed by atoms with Gasteiger partial charge in [-0.1, -0.05) is 6.92 Å². The predicted octanol–water partition coefficient (Wildman–Crippen LogP) is 3.33. The highest BCUT2D eigenvalue weighted by molar-refractivity contribution is 5.97. The number of piperidine rings is 1. The quantitative estimate of drug-likeness (QED) is 0.376. The van der Waals surface area contributed by atoms with Crippen molar-refractivity contribution < 1.29 is 24.0 Å². The molecule has 3 rings (SSSR count). The van der Waals surface area contributed by atoms with Crippen LogP contribution in [-0.2, 0) is 9.53 Å². The van der Waals surface area contributed by atoms with Gasteiger partial charge in [0.15, 0.2) is 6.61 Å². The number of carbonyl (C=O) groups excluding carboxylic acids is 3. The lowest BCUT2D eigenvalue weighted by atomic mass is 9.99. The smallest absolute Gasteiger partial charge is 0.338 e. The standard InChI is InChI=1S/C24H28N4O6/c1-16-5-4-12-27(14-16)20-11-8-18(13-21(20)28(32)33)24(31)34-15-22(29)25-19-9-6-17(7-10-19)23(30)26(2)3/h6-11,13,16H,4-5,12,14-15H2,1-3H3,(H,25,29). The Hall–Kier alpha value is -3.95. The topological polar surface area (TPSA) is 122 Å². The second-order valence-corrected chi connectivity index (χ2v) is 8.56. The van der Waals surface area contributed by atoms with Gasteiger partial charge < -0.3 is 19.9 Å². The van der Waals surface area contributed by atoms with E-state index in [2.05, 4.69) is 12.2 Å². The van der Waals surface area contributed by atoms with E-state index in [-0.39, 0.29) is 17.2 Å².